The molecule has 0 unspecified atom stereocenters. The second-order valence-corrected chi connectivity index (χ2v) is 5.12. The summed E-state index contributed by atoms with van der Waals surface area (Å²) >= 11 is 3.13. The van der Waals surface area contributed by atoms with Crippen molar-refractivity contribution in [2.45, 2.75) is 19.4 Å². The first-order valence-electron chi connectivity index (χ1n) is 6.12. The maximum Gasteiger partial charge on any atom is 0.433 e. The number of alkyl halides is 3. The summed E-state index contributed by atoms with van der Waals surface area (Å²) in [6.45, 7) is -0.516. The van der Waals surface area contributed by atoms with Crippen LogP contribution in [0, 0.1) is 0 Å². The molecule has 0 radical (unpaired) electrons. The van der Waals surface area contributed by atoms with Crippen LogP contribution in [0.15, 0.2) is 16.9 Å². The van der Waals surface area contributed by atoms with E-state index in [9.17, 15) is 18.0 Å². The first-order chi connectivity index (χ1) is 10.7. The molecule has 0 spiro atoms. The summed E-state index contributed by atoms with van der Waals surface area (Å²) in [6.07, 6.45) is -4.67. The minimum Gasteiger partial charge on any atom is -0.478 e. The van der Waals surface area contributed by atoms with Gasteiger partial charge in [0, 0.05) is 7.05 Å². The Balaban J connectivity index is 2.15. The van der Waals surface area contributed by atoms with Crippen LogP contribution in [0.3, 0.4) is 0 Å². The van der Waals surface area contributed by atoms with Crippen LogP contribution in [0.4, 0.5) is 13.2 Å². The van der Waals surface area contributed by atoms with Gasteiger partial charge in [0.1, 0.15) is 12.3 Å². The van der Waals surface area contributed by atoms with E-state index in [0.29, 0.717) is 16.6 Å². The molecule has 0 bridgehead atoms. The smallest absolute Gasteiger partial charge is 0.433 e. The highest BCUT2D eigenvalue weighted by molar-refractivity contribution is 9.10. The van der Waals surface area contributed by atoms with Crippen LogP contribution in [-0.4, -0.2) is 30.8 Å². The number of aryl methyl sites for hydroxylation is 1. The Labute approximate surface area is 136 Å². The van der Waals surface area contributed by atoms with Crippen LogP contribution >= 0.6 is 15.9 Å². The van der Waals surface area contributed by atoms with Crippen molar-refractivity contribution in [1.29, 1.82) is 0 Å². The van der Waals surface area contributed by atoms with Crippen molar-refractivity contribution in [1.82, 2.24) is 19.7 Å². The van der Waals surface area contributed by atoms with Crippen LogP contribution in [0.5, 0.6) is 0 Å². The van der Waals surface area contributed by atoms with Gasteiger partial charge in [0.15, 0.2) is 10.6 Å². The highest BCUT2D eigenvalue weighted by Crippen LogP contribution is 2.28. The molecule has 0 saturated heterocycles. The molecule has 0 aliphatic heterocycles. The topological polar surface area (TPSA) is 90.1 Å². The number of carbonyl (C=O) groups is 1. The zero-order chi connectivity index (χ0) is 17.2. The molecule has 0 saturated carbocycles. The zero-order valence-electron chi connectivity index (χ0n) is 11.6. The summed E-state index contributed by atoms with van der Waals surface area (Å²) in [5, 5.41) is 13.0. The summed E-state index contributed by atoms with van der Waals surface area (Å²) < 4.78 is 45.0. The molecule has 0 amide bonds. The predicted octanol–water partition coefficient (Wildman–Crippen LogP) is 2.41. The predicted molar refractivity (Wildman–Crippen MR) is 73.4 cm³/mol. The lowest BCUT2D eigenvalue weighted by Gasteiger charge is -2.10. The number of rotatable bonds is 5. The molecule has 23 heavy (non-hydrogen) atoms. The minimum absolute atomic E-state index is 0.101. The highest BCUT2D eigenvalue weighted by Gasteiger charge is 2.33. The lowest BCUT2D eigenvalue weighted by molar-refractivity contribution is -0.141. The van der Waals surface area contributed by atoms with Crippen LogP contribution in [0.1, 0.15) is 27.6 Å². The summed E-state index contributed by atoms with van der Waals surface area (Å²) in [5.41, 5.74) is -1.85. The molecule has 0 aliphatic carbocycles. The molecule has 0 aliphatic rings. The van der Waals surface area contributed by atoms with E-state index in [1.54, 1.807) is 7.05 Å². The number of hydrogen-bond acceptors (Lipinski definition) is 5. The van der Waals surface area contributed by atoms with Gasteiger partial charge in [-0.05, 0) is 28.1 Å². The molecule has 11 heteroatoms. The van der Waals surface area contributed by atoms with Crippen LogP contribution in [-0.2, 0) is 31.2 Å². The van der Waals surface area contributed by atoms with Gasteiger partial charge in [-0.3, -0.25) is 0 Å². The fourth-order valence-corrected chi connectivity index (χ4v) is 1.96. The van der Waals surface area contributed by atoms with Gasteiger partial charge in [-0.1, -0.05) is 0 Å². The Hall–Kier alpha value is -2.01. The van der Waals surface area contributed by atoms with Crippen molar-refractivity contribution >= 4 is 21.9 Å². The van der Waals surface area contributed by atoms with E-state index < -0.39 is 24.4 Å². The lowest BCUT2D eigenvalue weighted by atomic mass is 10.1. The van der Waals surface area contributed by atoms with Gasteiger partial charge in [-0.2, -0.15) is 18.3 Å². The first-order valence-corrected chi connectivity index (χ1v) is 6.91. The number of pyridine rings is 1. The number of aromatic nitrogens is 4. The Bertz CT molecular complexity index is 713. The van der Waals surface area contributed by atoms with E-state index in [1.165, 1.54) is 4.68 Å². The number of aromatic carboxylic acids is 1. The van der Waals surface area contributed by atoms with Crippen LogP contribution in [0.25, 0.3) is 0 Å². The van der Waals surface area contributed by atoms with E-state index >= 15 is 0 Å². The average Bonchev–Trinajstić information content (AvgIpc) is 2.76. The molecule has 2 heterocycles. The lowest BCUT2D eigenvalue weighted by Crippen LogP contribution is -2.14. The Morgan fingerprint density at radius 3 is 2.57 bits per heavy atom. The van der Waals surface area contributed by atoms with Crippen molar-refractivity contribution in [2.75, 3.05) is 0 Å². The Morgan fingerprint density at radius 1 is 1.35 bits per heavy atom. The fraction of sp³-hybridized carbons (Fsp3) is 0.333. The van der Waals surface area contributed by atoms with Gasteiger partial charge < -0.3 is 9.84 Å². The van der Waals surface area contributed by atoms with Gasteiger partial charge in [0.05, 0.1) is 17.9 Å². The zero-order valence-corrected chi connectivity index (χ0v) is 13.2. The molecule has 0 aromatic carbocycles. The van der Waals surface area contributed by atoms with E-state index in [1.807, 2.05) is 0 Å². The van der Waals surface area contributed by atoms with Crippen molar-refractivity contribution < 1.29 is 27.8 Å². The number of ether oxygens (including phenoxy) is 1. The highest BCUT2D eigenvalue weighted by atomic mass is 79.9. The maximum atomic E-state index is 12.7. The van der Waals surface area contributed by atoms with Crippen molar-refractivity contribution in [3.05, 3.63) is 39.6 Å². The fourth-order valence-electron chi connectivity index (χ4n) is 1.68. The minimum atomic E-state index is -4.67. The Kier molecular flexibility index (Phi) is 5.00. The van der Waals surface area contributed by atoms with Crippen LogP contribution < -0.4 is 0 Å². The second-order valence-electron chi connectivity index (χ2n) is 4.41. The second kappa shape index (κ2) is 6.62. The maximum absolute atomic E-state index is 12.7. The van der Waals surface area contributed by atoms with Gasteiger partial charge >= 0.3 is 12.1 Å². The third kappa shape index (κ3) is 4.26. The summed E-state index contributed by atoms with van der Waals surface area (Å²) in [6, 6.07) is 1.47. The number of carboxylic acids is 1. The van der Waals surface area contributed by atoms with Crippen molar-refractivity contribution in [2.24, 2.45) is 7.05 Å². The molecule has 7 nitrogen and oxygen atoms in total. The quantitative estimate of drug-likeness (QED) is 0.837. The normalized spacial score (nSPS) is 11.7. The van der Waals surface area contributed by atoms with Crippen molar-refractivity contribution in [3.63, 3.8) is 0 Å². The van der Waals surface area contributed by atoms with Crippen molar-refractivity contribution in [3.8, 4) is 0 Å². The number of halogens is 4. The van der Waals surface area contributed by atoms with Gasteiger partial charge in [-0.25, -0.2) is 19.4 Å². The summed E-state index contributed by atoms with van der Waals surface area (Å²) in [4.78, 5) is 18.4. The van der Waals surface area contributed by atoms with Gasteiger partial charge in [0.25, 0.3) is 0 Å². The number of nitrogens with zero attached hydrogens (tertiary/aromatic N) is 4. The molecule has 124 valence electrons. The molecular formula is C12H10BrF3N4O3. The Morgan fingerprint density at radius 2 is 2.04 bits per heavy atom. The molecule has 2 aromatic heterocycles. The molecule has 0 atom stereocenters. The van der Waals surface area contributed by atoms with E-state index in [0.717, 1.165) is 6.07 Å². The molecule has 2 aromatic rings. The average molecular weight is 395 g/mol. The van der Waals surface area contributed by atoms with Gasteiger partial charge in [0.2, 0.25) is 0 Å². The van der Waals surface area contributed by atoms with Gasteiger partial charge in [-0.15, -0.1) is 0 Å². The van der Waals surface area contributed by atoms with E-state index in [2.05, 4.69) is 31.0 Å². The summed E-state index contributed by atoms with van der Waals surface area (Å²) in [5.74, 6) is -1.09. The van der Waals surface area contributed by atoms with E-state index in [-0.39, 0.29) is 17.9 Å². The molecule has 1 N–H and O–H groups in total. The largest absolute Gasteiger partial charge is 0.478 e. The molecule has 0 fully saturated rings. The number of carboxylic acid groups (broad SMARTS) is 1. The standard InChI is InChI=1S/C12H10BrF3N4O3/c1-20-11(13)18-9(19-20)5-23-4-7-6(10(21)22)2-3-8(17-7)12(14,15)16/h2-3H,4-5H2,1H3,(H,21,22). The third-order valence-electron chi connectivity index (χ3n) is 2.72. The molecule has 2 rings (SSSR count). The third-order valence-corrected chi connectivity index (χ3v) is 3.41. The SMILES string of the molecule is Cn1nc(COCc2nc(C(F)(F)F)ccc2C(=O)O)nc1Br. The van der Waals surface area contributed by atoms with E-state index in [4.69, 9.17) is 9.84 Å². The number of hydrogen-bond donors (Lipinski definition) is 1. The van der Waals surface area contributed by atoms with Crippen LogP contribution in [0.2, 0.25) is 0 Å². The monoisotopic (exact) mass is 394 g/mol. The summed E-state index contributed by atoms with van der Waals surface area (Å²) in [7, 11) is 1.64. The first kappa shape index (κ1) is 17.3. The molecular weight excluding hydrogens is 385 g/mol.